The second kappa shape index (κ2) is 6.01. The van der Waals surface area contributed by atoms with Crippen molar-refractivity contribution in [2.45, 2.75) is 19.8 Å². The van der Waals surface area contributed by atoms with Crippen molar-refractivity contribution in [3.05, 3.63) is 29.8 Å². The highest BCUT2D eigenvalue weighted by Crippen LogP contribution is 2.22. The summed E-state index contributed by atoms with van der Waals surface area (Å²) >= 11 is 0. The average molecular weight is 247 g/mol. The van der Waals surface area contributed by atoms with Crippen LogP contribution >= 0.6 is 0 Å². The van der Waals surface area contributed by atoms with Crippen LogP contribution in [0.25, 0.3) is 0 Å². The first-order chi connectivity index (χ1) is 8.74. The van der Waals surface area contributed by atoms with Crippen molar-refractivity contribution in [2.75, 3.05) is 26.7 Å². The summed E-state index contributed by atoms with van der Waals surface area (Å²) in [7, 11) is 1.61. The van der Waals surface area contributed by atoms with Crippen molar-refractivity contribution in [2.24, 2.45) is 5.92 Å². The van der Waals surface area contributed by atoms with Crippen LogP contribution in [0.4, 0.5) is 0 Å². The van der Waals surface area contributed by atoms with Gasteiger partial charge in [-0.2, -0.15) is 0 Å². The zero-order chi connectivity index (χ0) is 13.0. The summed E-state index contributed by atoms with van der Waals surface area (Å²) in [6.07, 6.45) is 2.43. The third-order valence-electron chi connectivity index (χ3n) is 3.72. The summed E-state index contributed by atoms with van der Waals surface area (Å²) in [5.74, 6) is 1.59. The van der Waals surface area contributed by atoms with Gasteiger partial charge in [0, 0.05) is 6.54 Å². The maximum atomic E-state index is 12.3. The lowest BCUT2D eigenvalue weighted by Gasteiger charge is -2.15. The van der Waals surface area contributed by atoms with Gasteiger partial charge < -0.3 is 4.74 Å². The summed E-state index contributed by atoms with van der Waals surface area (Å²) < 4.78 is 5.23. The Morgan fingerprint density at radius 2 is 2.22 bits per heavy atom. The van der Waals surface area contributed by atoms with Gasteiger partial charge in [-0.05, 0) is 31.0 Å². The van der Waals surface area contributed by atoms with Gasteiger partial charge in [-0.3, -0.25) is 9.69 Å². The van der Waals surface area contributed by atoms with E-state index in [2.05, 4.69) is 11.8 Å². The fourth-order valence-electron chi connectivity index (χ4n) is 2.55. The molecule has 0 saturated carbocycles. The normalized spacial score (nSPS) is 20.0. The quantitative estimate of drug-likeness (QED) is 0.749. The van der Waals surface area contributed by atoms with Gasteiger partial charge in [0.15, 0.2) is 5.78 Å². The second-order valence-electron chi connectivity index (χ2n) is 4.92. The third kappa shape index (κ3) is 2.91. The van der Waals surface area contributed by atoms with E-state index >= 15 is 0 Å². The van der Waals surface area contributed by atoms with Crippen molar-refractivity contribution in [1.29, 1.82) is 0 Å². The van der Waals surface area contributed by atoms with E-state index < -0.39 is 0 Å². The molecule has 0 N–H and O–H groups in total. The lowest BCUT2D eigenvalue weighted by atomic mass is 10.1. The van der Waals surface area contributed by atoms with Gasteiger partial charge in [0.05, 0.1) is 19.2 Å². The van der Waals surface area contributed by atoms with E-state index in [4.69, 9.17) is 4.74 Å². The maximum absolute atomic E-state index is 12.3. The van der Waals surface area contributed by atoms with Crippen LogP contribution in [0.2, 0.25) is 0 Å². The van der Waals surface area contributed by atoms with Crippen molar-refractivity contribution < 1.29 is 9.53 Å². The molecule has 1 aliphatic heterocycles. The van der Waals surface area contributed by atoms with Gasteiger partial charge in [0.1, 0.15) is 5.75 Å². The van der Waals surface area contributed by atoms with Crippen molar-refractivity contribution in [1.82, 2.24) is 4.90 Å². The number of Topliss-reactive ketones (excluding diaryl/α,β-unsaturated/α-hetero) is 1. The molecule has 1 atom stereocenters. The number of hydrogen-bond acceptors (Lipinski definition) is 3. The molecule has 1 aromatic carbocycles. The van der Waals surface area contributed by atoms with E-state index in [1.54, 1.807) is 7.11 Å². The molecule has 1 fully saturated rings. The molecule has 1 aliphatic rings. The largest absolute Gasteiger partial charge is 0.496 e. The van der Waals surface area contributed by atoms with E-state index in [9.17, 15) is 4.79 Å². The first kappa shape index (κ1) is 13.1. The summed E-state index contributed by atoms with van der Waals surface area (Å²) in [5.41, 5.74) is 0.694. The predicted octanol–water partition coefficient (Wildman–Crippen LogP) is 2.61. The number of ether oxygens (including phenoxy) is 1. The number of carbonyl (C=O) groups excluding carboxylic acids is 1. The Hall–Kier alpha value is -1.35. The van der Waals surface area contributed by atoms with Gasteiger partial charge in [0.25, 0.3) is 0 Å². The third-order valence-corrected chi connectivity index (χ3v) is 3.72. The zero-order valence-electron chi connectivity index (χ0n) is 11.2. The summed E-state index contributed by atoms with van der Waals surface area (Å²) in [6, 6.07) is 7.45. The van der Waals surface area contributed by atoms with Crippen LogP contribution in [-0.2, 0) is 0 Å². The highest BCUT2D eigenvalue weighted by atomic mass is 16.5. The Morgan fingerprint density at radius 3 is 2.89 bits per heavy atom. The molecule has 1 heterocycles. The number of para-hydroxylation sites is 1. The Morgan fingerprint density at radius 1 is 1.44 bits per heavy atom. The summed E-state index contributed by atoms with van der Waals surface area (Å²) in [4.78, 5) is 14.5. The Kier molecular flexibility index (Phi) is 4.37. The molecule has 0 bridgehead atoms. The molecule has 0 radical (unpaired) electrons. The van der Waals surface area contributed by atoms with Crippen LogP contribution in [0, 0.1) is 5.92 Å². The number of likely N-dealkylation sites (tertiary alicyclic amines) is 1. The standard InChI is InChI=1S/C15H21NO2/c1-3-12-8-9-16(10-12)11-14(17)13-6-4-5-7-15(13)18-2/h4-7,12H,3,8-11H2,1-2H3. The molecule has 3 nitrogen and oxygen atoms in total. The average Bonchev–Trinajstić information content (AvgIpc) is 2.86. The number of nitrogens with zero attached hydrogens (tertiary/aromatic N) is 1. The number of ketones is 1. The predicted molar refractivity (Wildman–Crippen MR) is 72.2 cm³/mol. The van der Waals surface area contributed by atoms with Crippen LogP contribution in [0.3, 0.4) is 0 Å². The van der Waals surface area contributed by atoms with E-state index in [0.29, 0.717) is 17.9 Å². The van der Waals surface area contributed by atoms with Crippen molar-refractivity contribution >= 4 is 5.78 Å². The van der Waals surface area contributed by atoms with Crippen molar-refractivity contribution in [3.8, 4) is 5.75 Å². The molecule has 0 amide bonds. The molecule has 1 unspecified atom stereocenters. The molecule has 3 heteroatoms. The molecule has 0 aromatic heterocycles. The molecule has 98 valence electrons. The van der Waals surface area contributed by atoms with Gasteiger partial charge in [-0.1, -0.05) is 25.5 Å². The monoisotopic (exact) mass is 247 g/mol. The molecule has 1 saturated heterocycles. The Balaban J connectivity index is 2.00. The van der Waals surface area contributed by atoms with Crippen molar-refractivity contribution in [3.63, 3.8) is 0 Å². The maximum Gasteiger partial charge on any atom is 0.180 e. The SMILES string of the molecule is CCC1CCN(CC(=O)c2ccccc2OC)C1. The fourth-order valence-corrected chi connectivity index (χ4v) is 2.55. The molecular weight excluding hydrogens is 226 g/mol. The highest BCUT2D eigenvalue weighted by Gasteiger charge is 2.23. The molecule has 0 aliphatic carbocycles. The summed E-state index contributed by atoms with van der Waals surface area (Å²) in [5, 5.41) is 0. The van der Waals surface area contributed by atoms with Gasteiger partial charge in [0.2, 0.25) is 0 Å². The molecule has 1 aromatic rings. The van der Waals surface area contributed by atoms with E-state index in [-0.39, 0.29) is 5.78 Å². The minimum atomic E-state index is 0.157. The Labute approximate surface area is 109 Å². The smallest absolute Gasteiger partial charge is 0.180 e. The number of rotatable bonds is 5. The summed E-state index contributed by atoms with van der Waals surface area (Å²) in [6.45, 7) is 4.82. The van der Waals surface area contributed by atoms with Crippen LogP contribution in [0.5, 0.6) is 5.75 Å². The first-order valence-corrected chi connectivity index (χ1v) is 6.63. The minimum Gasteiger partial charge on any atom is -0.496 e. The number of methoxy groups -OCH3 is 1. The van der Waals surface area contributed by atoms with Crippen LogP contribution in [0.15, 0.2) is 24.3 Å². The lowest BCUT2D eigenvalue weighted by molar-refractivity contribution is 0.0940. The Bertz CT molecular complexity index is 417. The molecule has 0 spiro atoms. The topological polar surface area (TPSA) is 29.5 Å². The zero-order valence-corrected chi connectivity index (χ0v) is 11.2. The molecular formula is C15H21NO2. The highest BCUT2D eigenvalue weighted by molar-refractivity contribution is 6.00. The number of carbonyl (C=O) groups is 1. The second-order valence-corrected chi connectivity index (χ2v) is 4.92. The first-order valence-electron chi connectivity index (χ1n) is 6.63. The number of hydrogen-bond donors (Lipinski definition) is 0. The fraction of sp³-hybridized carbons (Fsp3) is 0.533. The van der Waals surface area contributed by atoms with Gasteiger partial charge >= 0.3 is 0 Å². The van der Waals surface area contributed by atoms with Gasteiger partial charge in [-0.25, -0.2) is 0 Å². The molecule has 2 rings (SSSR count). The number of benzene rings is 1. The van der Waals surface area contributed by atoms with E-state index in [1.807, 2.05) is 24.3 Å². The van der Waals surface area contributed by atoms with Gasteiger partial charge in [-0.15, -0.1) is 0 Å². The van der Waals surface area contributed by atoms with E-state index in [0.717, 1.165) is 19.0 Å². The van der Waals surface area contributed by atoms with Crippen LogP contribution < -0.4 is 4.74 Å². The minimum absolute atomic E-state index is 0.157. The lowest BCUT2D eigenvalue weighted by Crippen LogP contribution is -2.28. The van der Waals surface area contributed by atoms with E-state index in [1.165, 1.54) is 12.8 Å². The van der Waals surface area contributed by atoms with Crippen LogP contribution in [0.1, 0.15) is 30.1 Å². The van der Waals surface area contributed by atoms with Crippen LogP contribution in [-0.4, -0.2) is 37.4 Å². The molecule has 18 heavy (non-hydrogen) atoms.